The molecule has 1 atom stereocenters. The van der Waals surface area contributed by atoms with Gasteiger partial charge in [-0.15, -0.1) is 12.4 Å². The molecule has 2 heterocycles. The first-order valence-electron chi connectivity index (χ1n) is 7.74. The molecule has 0 radical (unpaired) electrons. The SMILES string of the molecule is COc1ccccc1-n1nccc1CN1CCC(C)(CN)C1.Cl. The standard InChI is InChI=1S/C17H24N4O.ClH/c1-17(12-18)8-10-20(13-17)11-14-7-9-19-21(14)15-5-3-4-6-16(15)22-2;/h3-7,9H,8,10-13,18H2,1-2H3;1H. The van der Waals surface area contributed by atoms with Crippen molar-refractivity contribution in [2.45, 2.75) is 19.9 Å². The summed E-state index contributed by atoms with van der Waals surface area (Å²) >= 11 is 0. The van der Waals surface area contributed by atoms with E-state index in [9.17, 15) is 0 Å². The third-order valence-electron chi connectivity index (χ3n) is 4.55. The number of likely N-dealkylation sites (tertiary alicyclic amines) is 1. The second-order valence-corrected chi connectivity index (χ2v) is 6.38. The van der Waals surface area contributed by atoms with Crippen LogP contribution in [-0.4, -0.2) is 41.4 Å². The second-order valence-electron chi connectivity index (χ2n) is 6.38. The van der Waals surface area contributed by atoms with E-state index >= 15 is 0 Å². The highest BCUT2D eigenvalue weighted by Gasteiger charge is 2.32. The van der Waals surface area contributed by atoms with Crippen molar-refractivity contribution in [3.8, 4) is 11.4 Å². The van der Waals surface area contributed by atoms with Crippen LogP contribution >= 0.6 is 12.4 Å². The largest absolute Gasteiger partial charge is 0.494 e. The molecule has 3 rings (SSSR count). The van der Waals surface area contributed by atoms with Crippen molar-refractivity contribution in [2.75, 3.05) is 26.7 Å². The van der Waals surface area contributed by atoms with Crippen molar-refractivity contribution in [3.63, 3.8) is 0 Å². The first-order valence-corrected chi connectivity index (χ1v) is 7.74. The molecule has 0 amide bonds. The first kappa shape index (κ1) is 17.8. The Kier molecular flexibility index (Phi) is 5.68. The number of para-hydroxylation sites is 2. The number of benzene rings is 1. The molecule has 1 saturated heterocycles. The van der Waals surface area contributed by atoms with E-state index in [1.54, 1.807) is 7.11 Å². The lowest BCUT2D eigenvalue weighted by molar-refractivity contribution is 0.270. The molecule has 1 aliphatic heterocycles. The van der Waals surface area contributed by atoms with Crippen LogP contribution in [0.5, 0.6) is 5.75 Å². The van der Waals surface area contributed by atoms with Crippen molar-refractivity contribution < 1.29 is 4.74 Å². The molecule has 1 aliphatic rings. The number of rotatable bonds is 5. The van der Waals surface area contributed by atoms with E-state index in [0.717, 1.165) is 44.0 Å². The van der Waals surface area contributed by atoms with Gasteiger partial charge in [-0.2, -0.15) is 5.10 Å². The second kappa shape index (κ2) is 7.34. The van der Waals surface area contributed by atoms with Crippen molar-refractivity contribution in [2.24, 2.45) is 11.1 Å². The van der Waals surface area contributed by atoms with Crippen LogP contribution in [0.2, 0.25) is 0 Å². The monoisotopic (exact) mass is 336 g/mol. The zero-order valence-electron chi connectivity index (χ0n) is 13.7. The maximum atomic E-state index is 5.90. The molecule has 126 valence electrons. The summed E-state index contributed by atoms with van der Waals surface area (Å²) in [4.78, 5) is 2.45. The zero-order valence-corrected chi connectivity index (χ0v) is 14.6. The van der Waals surface area contributed by atoms with Crippen LogP contribution in [0.15, 0.2) is 36.5 Å². The van der Waals surface area contributed by atoms with Gasteiger partial charge in [0.25, 0.3) is 0 Å². The van der Waals surface area contributed by atoms with Crippen LogP contribution in [-0.2, 0) is 6.54 Å². The predicted octanol–water partition coefficient (Wildman–Crippen LogP) is 2.47. The average molecular weight is 337 g/mol. The molecule has 0 saturated carbocycles. The molecule has 5 nitrogen and oxygen atoms in total. The Labute approximate surface area is 143 Å². The topological polar surface area (TPSA) is 56.3 Å². The van der Waals surface area contributed by atoms with Crippen LogP contribution in [0.1, 0.15) is 19.0 Å². The molecule has 6 heteroatoms. The van der Waals surface area contributed by atoms with E-state index in [4.69, 9.17) is 10.5 Å². The lowest BCUT2D eigenvalue weighted by atomic mass is 9.90. The molecule has 2 aromatic rings. The van der Waals surface area contributed by atoms with Crippen LogP contribution in [0.25, 0.3) is 5.69 Å². The normalized spacial score (nSPS) is 21.2. The fourth-order valence-corrected chi connectivity index (χ4v) is 3.13. The predicted molar refractivity (Wildman–Crippen MR) is 94.4 cm³/mol. The van der Waals surface area contributed by atoms with Crippen molar-refractivity contribution >= 4 is 12.4 Å². The lowest BCUT2D eigenvalue weighted by Crippen LogP contribution is -2.31. The molecule has 0 aliphatic carbocycles. The van der Waals surface area contributed by atoms with Gasteiger partial charge >= 0.3 is 0 Å². The number of nitrogens with zero attached hydrogens (tertiary/aromatic N) is 3. The van der Waals surface area contributed by atoms with Crippen LogP contribution in [0.4, 0.5) is 0 Å². The van der Waals surface area contributed by atoms with Gasteiger partial charge < -0.3 is 10.5 Å². The zero-order chi connectivity index (χ0) is 15.6. The van der Waals surface area contributed by atoms with E-state index in [0.29, 0.717) is 0 Å². The summed E-state index contributed by atoms with van der Waals surface area (Å²) in [6, 6.07) is 10.0. The number of hydrogen-bond acceptors (Lipinski definition) is 4. The molecular weight excluding hydrogens is 312 g/mol. The van der Waals surface area contributed by atoms with Crippen LogP contribution in [0.3, 0.4) is 0 Å². The summed E-state index contributed by atoms with van der Waals surface area (Å²) in [6.07, 6.45) is 3.01. The summed E-state index contributed by atoms with van der Waals surface area (Å²) in [6.45, 7) is 6.03. The van der Waals surface area contributed by atoms with Crippen LogP contribution < -0.4 is 10.5 Å². The van der Waals surface area contributed by atoms with E-state index < -0.39 is 0 Å². The molecule has 0 bridgehead atoms. The molecule has 0 spiro atoms. The van der Waals surface area contributed by atoms with Gasteiger partial charge in [0, 0.05) is 19.3 Å². The summed E-state index contributed by atoms with van der Waals surface area (Å²) in [5.74, 6) is 0.834. The molecular formula is C17H25ClN4O. The Bertz CT molecular complexity index is 645. The molecule has 1 aromatic heterocycles. The smallest absolute Gasteiger partial charge is 0.144 e. The maximum absolute atomic E-state index is 5.90. The highest BCUT2D eigenvalue weighted by atomic mass is 35.5. The molecule has 1 unspecified atom stereocenters. The fraction of sp³-hybridized carbons (Fsp3) is 0.471. The highest BCUT2D eigenvalue weighted by Crippen LogP contribution is 2.30. The molecule has 1 fully saturated rings. The molecule has 1 aromatic carbocycles. The quantitative estimate of drug-likeness (QED) is 0.911. The van der Waals surface area contributed by atoms with Crippen molar-refractivity contribution in [3.05, 3.63) is 42.2 Å². The summed E-state index contributed by atoms with van der Waals surface area (Å²) in [7, 11) is 1.69. The van der Waals surface area contributed by atoms with E-state index in [-0.39, 0.29) is 17.8 Å². The Morgan fingerprint density at radius 1 is 1.30 bits per heavy atom. The third-order valence-corrected chi connectivity index (χ3v) is 4.55. The first-order chi connectivity index (χ1) is 10.6. The van der Waals surface area contributed by atoms with Gasteiger partial charge in [0.1, 0.15) is 11.4 Å². The van der Waals surface area contributed by atoms with E-state index in [2.05, 4.69) is 23.0 Å². The number of ether oxygens (including phenoxy) is 1. The maximum Gasteiger partial charge on any atom is 0.144 e. The molecule has 23 heavy (non-hydrogen) atoms. The highest BCUT2D eigenvalue weighted by molar-refractivity contribution is 5.85. The molecule has 2 N–H and O–H groups in total. The van der Waals surface area contributed by atoms with Gasteiger partial charge in [0.05, 0.1) is 12.8 Å². The van der Waals surface area contributed by atoms with E-state index in [1.807, 2.05) is 35.1 Å². The summed E-state index contributed by atoms with van der Waals surface area (Å²) in [5, 5.41) is 4.48. The number of hydrogen-bond donors (Lipinski definition) is 1. The van der Waals surface area contributed by atoms with Gasteiger partial charge in [-0.25, -0.2) is 4.68 Å². The summed E-state index contributed by atoms with van der Waals surface area (Å²) in [5.41, 5.74) is 8.30. The van der Waals surface area contributed by atoms with Gasteiger partial charge in [0.2, 0.25) is 0 Å². The Hall–Kier alpha value is -1.56. The minimum atomic E-state index is 0. The Morgan fingerprint density at radius 2 is 2.09 bits per heavy atom. The number of nitrogens with two attached hydrogens (primary N) is 1. The van der Waals surface area contributed by atoms with Crippen molar-refractivity contribution in [1.29, 1.82) is 0 Å². The number of halogens is 1. The Morgan fingerprint density at radius 3 is 2.78 bits per heavy atom. The third kappa shape index (κ3) is 3.68. The Balaban J connectivity index is 0.00000192. The van der Waals surface area contributed by atoms with Crippen LogP contribution in [0, 0.1) is 5.41 Å². The van der Waals surface area contributed by atoms with Gasteiger partial charge in [0.15, 0.2) is 0 Å². The minimum absolute atomic E-state index is 0. The number of aromatic nitrogens is 2. The summed E-state index contributed by atoms with van der Waals surface area (Å²) < 4.78 is 7.42. The van der Waals surface area contributed by atoms with E-state index in [1.165, 1.54) is 5.69 Å². The van der Waals surface area contributed by atoms with Gasteiger partial charge in [-0.3, -0.25) is 4.90 Å². The fourth-order valence-electron chi connectivity index (χ4n) is 3.13. The van der Waals surface area contributed by atoms with Crippen molar-refractivity contribution in [1.82, 2.24) is 14.7 Å². The lowest BCUT2D eigenvalue weighted by Gasteiger charge is -2.23. The average Bonchev–Trinajstić information content (AvgIpc) is 3.15. The van der Waals surface area contributed by atoms with Gasteiger partial charge in [-0.05, 0) is 43.1 Å². The van der Waals surface area contributed by atoms with Gasteiger partial charge in [-0.1, -0.05) is 19.1 Å². The minimum Gasteiger partial charge on any atom is -0.494 e. The number of methoxy groups -OCH3 is 1.